The van der Waals surface area contributed by atoms with Gasteiger partial charge in [0.15, 0.2) is 0 Å². The van der Waals surface area contributed by atoms with Gasteiger partial charge in [-0.3, -0.25) is 38.1 Å². The SMILES string of the molecule is CCc1nn(C2CCCC2)c2cc(C3CN(C(=O)OC)C[C@@]3(C)CO)ccc12.CCc1nn(C2CCCC2)c2cc(C3CN(Cc4ccccc4)C[C@@]3(C)C(C)O)ccc12.CCc1nn(C2CCCC2)c2cc(C3CN(Cc4ccccc4)C[C@@]3(C)C=O)ccc12.CCc1nn(C2CCCC2)c2cc(C3CN(Cc4ccccc4)C[C@@]3(C)CO)ccc12.CCc1nn(C2CCCC2)c2cc(C3CNC[C@@]3(C)CO)ccc12. The number of aldehydes is 1. The zero-order valence-corrected chi connectivity index (χ0v) is 89.5. The van der Waals surface area contributed by atoms with Gasteiger partial charge in [0.05, 0.1) is 119 Å². The number of rotatable bonds is 26. The maximum absolute atomic E-state index is 12.3. The molecule has 10 heterocycles. The Balaban J connectivity index is 0.000000115. The second-order valence-electron chi connectivity index (χ2n) is 46.8. The van der Waals surface area contributed by atoms with Crippen LogP contribution >= 0.6 is 0 Å². The topological polar surface area (TPSA) is 238 Å². The van der Waals surface area contributed by atoms with E-state index < -0.39 is 0 Å². The Morgan fingerprint density at radius 1 is 0.377 bits per heavy atom. The van der Waals surface area contributed by atoms with Crippen molar-refractivity contribution in [2.75, 3.05) is 92.4 Å². The molecule has 5 saturated carbocycles. The fourth-order valence-corrected chi connectivity index (χ4v) is 27.7. The van der Waals surface area contributed by atoms with E-state index in [0.717, 1.165) is 115 Å². The summed E-state index contributed by atoms with van der Waals surface area (Å²) in [5.74, 6) is 1.26. The maximum Gasteiger partial charge on any atom is 0.409 e. The smallest absolute Gasteiger partial charge is 0.409 e. The fourth-order valence-electron chi connectivity index (χ4n) is 27.7. The van der Waals surface area contributed by atoms with Gasteiger partial charge >= 0.3 is 6.09 Å². The Hall–Kier alpha value is -10.3. The van der Waals surface area contributed by atoms with Crippen LogP contribution in [0.15, 0.2) is 182 Å². The predicted octanol–water partition coefficient (Wildman–Crippen LogP) is 23.8. The summed E-state index contributed by atoms with van der Waals surface area (Å²) in [6.07, 6.45) is 30.6. The molecule has 0 spiro atoms. The van der Waals surface area contributed by atoms with Gasteiger partial charge in [-0.05, 0) is 178 Å². The van der Waals surface area contributed by atoms with E-state index in [1.54, 1.807) is 4.90 Å². The van der Waals surface area contributed by atoms with Crippen molar-refractivity contribution in [3.05, 3.63) is 255 Å². The number of fused-ring (bicyclic) bond motifs is 5. The fraction of sp³-hybridized carbons (Fsp3) is 0.556. The van der Waals surface area contributed by atoms with Crippen LogP contribution in [0.4, 0.5) is 4.79 Å². The third kappa shape index (κ3) is 21.3. The number of carbonyl (C=O) groups excluding carboxylic acids is 2. The number of aliphatic hydroxyl groups excluding tert-OH is 4. The summed E-state index contributed by atoms with van der Waals surface area (Å²) >= 11 is 0. The highest BCUT2D eigenvalue weighted by Crippen LogP contribution is 2.52. The van der Waals surface area contributed by atoms with Crippen molar-refractivity contribution in [2.45, 2.75) is 322 Å². The lowest BCUT2D eigenvalue weighted by Gasteiger charge is -2.34. The van der Waals surface area contributed by atoms with Gasteiger partial charge in [-0.25, -0.2) is 4.79 Å². The normalized spacial score (nSPS) is 25.8. The first-order valence-electron chi connectivity index (χ1n) is 56.2. The molecule has 5 aliphatic carbocycles. The molecule has 10 aliphatic rings. The number of methoxy groups -OCH3 is 1. The van der Waals surface area contributed by atoms with E-state index >= 15 is 0 Å². The van der Waals surface area contributed by atoms with Crippen LogP contribution < -0.4 is 5.32 Å². The summed E-state index contributed by atoms with van der Waals surface area (Å²) < 4.78 is 16.4. The Morgan fingerprint density at radius 2 is 0.664 bits per heavy atom. The average Bonchev–Trinajstić information content (AvgIpc) is 1.61. The molecule has 23 rings (SSSR count). The lowest BCUT2D eigenvalue weighted by Crippen LogP contribution is -2.37. The van der Waals surface area contributed by atoms with Gasteiger partial charge in [0.25, 0.3) is 0 Å². The van der Waals surface area contributed by atoms with E-state index in [1.807, 2.05) is 6.92 Å². The number of benzene rings is 8. The number of nitrogens with one attached hydrogen (secondary N) is 1. The Kier molecular flexibility index (Phi) is 32.3. The highest BCUT2D eigenvalue weighted by molar-refractivity contribution is 5.87. The molecule has 5 aromatic heterocycles. The number of ether oxygens (including phenoxy) is 1. The lowest BCUT2D eigenvalue weighted by atomic mass is 9.72. The van der Waals surface area contributed by atoms with E-state index in [4.69, 9.17) is 30.2 Å². The van der Waals surface area contributed by atoms with Crippen LogP contribution in [0.5, 0.6) is 0 Å². The molecular weight excluding hydrogens is 1810 g/mol. The van der Waals surface area contributed by atoms with Crippen molar-refractivity contribution >= 4 is 66.9 Å². The molecule has 6 unspecified atom stereocenters. The van der Waals surface area contributed by atoms with Crippen molar-refractivity contribution in [3.8, 4) is 0 Å². The molecule has 22 nitrogen and oxygen atoms in total. The molecule has 5 aliphatic heterocycles. The Morgan fingerprint density at radius 3 is 0.979 bits per heavy atom. The lowest BCUT2D eigenvalue weighted by molar-refractivity contribution is -0.115. The van der Waals surface area contributed by atoms with Gasteiger partial charge < -0.3 is 40.2 Å². The second-order valence-corrected chi connectivity index (χ2v) is 46.8. The largest absolute Gasteiger partial charge is 0.453 e. The van der Waals surface area contributed by atoms with Crippen LogP contribution in [0.3, 0.4) is 0 Å². The molecular formula is C124H165N15O7. The monoisotopic (exact) mass is 1980 g/mol. The van der Waals surface area contributed by atoms with Crippen LogP contribution in [0, 0.1) is 27.1 Å². The minimum Gasteiger partial charge on any atom is -0.453 e. The molecule has 0 bridgehead atoms. The molecule has 10 fully saturated rings. The van der Waals surface area contributed by atoms with Crippen molar-refractivity contribution in [1.29, 1.82) is 0 Å². The first-order valence-corrected chi connectivity index (χ1v) is 56.2. The summed E-state index contributed by atoms with van der Waals surface area (Å²) in [7, 11) is 1.41. The molecule has 11 atom stereocenters. The van der Waals surface area contributed by atoms with Crippen molar-refractivity contribution in [3.63, 3.8) is 0 Å². The van der Waals surface area contributed by atoms with Crippen LogP contribution in [-0.2, 0) is 61.3 Å². The van der Waals surface area contributed by atoms with Crippen LogP contribution in [0.1, 0.15) is 337 Å². The van der Waals surface area contributed by atoms with Gasteiger partial charge in [0.1, 0.15) is 6.29 Å². The number of hydrogen-bond donors (Lipinski definition) is 5. The first kappa shape index (κ1) is 104. The van der Waals surface area contributed by atoms with Gasteiger partial charge in [-0.15, -0.1) is 0 Å². The van der Waals surface area contributed by atoms with Crippen molar-refractivity contribution in [1.82, 2.24) is 73.8 Å². The number of aromatic nitrogens is 10. The minimum absolute atomic E-state index is 0.0330. The standard InChI is InChI=1S/C28H37N3O.C27H35N3O.C27H33N3O.C22H31N3O3.C20H29N3O/c1-4-26-24-15-14-22(16-27(24)31(29-26)23-12-8-9-13-23)25-18-30(19-28(25,3)20(2)32)17-21-10-6-5-7-11-21;2*1-3-25-23-14-13-21(15-26(23)30(28-25)22-11-7-8-12-22)24-17-29(18-27(24,2)19-31)16-20-9-5-4-6-10-20;1-4-19-17-10-9-15(11-20(17)25(23-19)16-7-5-6-8-16)18-12-24(21(27)28-3)13-22(18,2)14-26;1-3-18-16-9-8-14(17-11-21-12-20(17,2)13-24)10-19(16)23(22-18)15-6-4-5-7-15/h5-7,10-11,14-16,20,23,25,32H,4,8-9,12-13,17-19H2,1-3H3;4-6,9-10,13-15,22,24,31H,3,7-8,11-12,16-19H2,1-2H3;4-6,9-10,13-15,19,22,24H,3,7-8,11-12,16-18H2,1-2H3;9-11,16,18,26H,4-8,12-14H2,1-3H3;8-10,15,17,21,24H,3-7,11-13H2,1-2H3/t20?,25?,28-;2*24?,27-;18?,22-;17?,20-/m00000/s1. The zero-order valence-electron chi connectivity index (χ0n) is 89.5. The molecule has 778 valence electrons. The zero-order chi connectivity index (χ0) is 102. The summed E-state index contributed by atoms with van der Waals surface area (Å²) in [4.78, 5) is 33.5. The second kappa shape index (κ2) is 45.3. The number of amides is 1. The third-order valence-corrected chi connectivity index (χ3v) is 36.5. The molecule has 1 amide bonds. The number of aliphatic hydroxyl groups is 4. The van der Waals surface area contributed by atoms with E-state index in [1.165, 1.54) is 258 Å². The highest BCUT2D eigenvalue weighted by Gasteiger charge is 2.51. The number of aryl methyl sites for hydroxylation is 5. The minimum atomic E-state index is -0.381. The van der Waals surface area contributed by atoms with Gasteiger partial charge in [0.2, 0.25) is 0 Å². The van der Waals surface area contributed by atoms with E-state index in [2.05, 4.69) is 295 Å². The first-order chi connectivity index (χ1) is 70.9. The van der Waals surface area contributed by atoms with E-state index in [-0.39, 0.29) is 70.9 Å². The number of hydrogen-bond acceptors (Lipinski definition) is 16. The van der Waals surface area contributed by atoms with Gasteiger partial charge in [-0.1, -0.05) is 285 Å². The molecule has 13 aromatic rings. The molecule has 22 heteroatoms. The number of likely N-dealkylation sites (tertiary alicyclic amines) is 4. The van der Waals surface area contributed by atoms with Crippen LogP contribution in [0.25, 0.3) is 54.5 Å². The van der Waals surface area contributed by atoms with E-state index in [0.29, 0.717) is 61.1 Å². The van der Waals surface area contributed by atoms with E-state index in [9.17, 15) is 30.0 Å². The summed E-state index contributed by atoms with van der Waals surface area (Å²) in [5, 5.41) is 76.2. The highest BCUT2D eigenvalue weighted by atomic mass is 16.5. The molecule has 146 heavy (non-hydrogen) atoms. The predicted molar refractivity (Wildman–Crippen MR) is 588 cm³/mol. The summed E-state index contributed by atoms with van der Waals surface area (Å²) in [6, 6.07) is 68.9. The molecule has 5 saturated heterocycles. The average molecular weight is 1980 g/mol. The Labute approximate surface area is 866 Å². The van der Waals surface area contributed by atoms with Crippen LogP contribution in [0.2, 0.25) is 0 Å². The van der Waals surface area contributed by atoms with Crippen molar-refractivity contribution < 1.29 is 34.8 Å². The van der Waals surface area contributed by atoms with Gasteiger partial charge in [0, 0.05) is 169 Å². The Bertz CT molecular complexity index is 6590. The number of carbonyl (C=O) groups is 2. The summed E-state index contributed by atoms with van der Waals surface area (Å²) in [6.45, 7) is 35.4. The summed E-state index contributed by atoms with van der Waals surface area (Å²) in [5.41, 5.74) is 21.7. The van der Waals surface area contributed by atoms with Crippen molar-refractivity contribution in [2.24, 2.45) is 27.1 Å². The van der Waals surface area contributed by atoms with Crippen LogP contribution in [-0.4, -0.2) is 200 Å². The van der Waals surface area contributed by atoms with Gasteiger partial charge in [-0.2, -0.15) is 25.5 Å². The molecule has 0 radical (unpaired) electrons. The molecule has 8 aromatic carbocycles. The molecule has 5 N–H and O–H groups in total. The number of nitrogens with zero attached hydrogens (tertiary/aromatic N) is 14. The quantitative estimate of drug-likeness (QED) is 0.0317. The third-order valence-electron chi connectivity index (χ3n) is 36.5. The maximum atomic E-state index is 12.3.